The van der Waals surface area contributed by atoms with Gasteiger partial charge >= 0.3 is 0 Å². The molecule has 0 atom stereocenters. The maximum absolute atomic E-state index is 13.0. The Hall–Kier alpha value is -3.48. The summed E-state index contributed by atoms with van der Waals surface area (Å²) in [5.74, 6) is 1.15. The summed E-state index contributed by atoms with van der Waals surface area (Å²) in [6, 6.07) is 23.3. The van der Waals surface area contributed by atoms with E-state index < -0.39 is 0 Å². The number of para-hydroxylation sites is 1. The van der Waals surface area contributed by atoms with Crippen LogP contribution in [0.5, 0.6) is 11.5 Å². The average molecular weight is 435 g/mol. The number of aromatic amines is 1. The molecule has 166 valence electrons. The lowest BCUT2D eigenvalue weighted by molar-refractivity contribution is 0.215. The molecular formula is C26H27FN2O3. The summed E-state index contributed by atoms with van der Waals surface area (Å²) in [6.45, 7) is 3.76. The summed E-state index contributed by atoms with van der Waals surface area (Å²) in [5.41, 5.74) is 2.18. The second-order valence-corrected chi connectivity index (χ2v) is 7.10. The van der Waals surface area contributed by atoms with Crippen molar-refractivity contribution in [2.24, 2.45) is 0 Å². The van der Waals surface area contributed by atoms with Crippen LogP contribution in [0, 0.1) is 5.82 Å². The first-order chi connectivity index (χ1) is 15.6. The number of aromatic nitrogens is 1. The highest BCUT2D eigenvalue weighted by atomic mass is 19.1. The smallest absolute Gasteiger partial charge is 0.252 e. The highest BCUT2D eigenvalue weighted by Gasteiger charge is 2.05. The number of rotatable bonds is 7. The Labute approximate surface area is 186 Å². The van der Waals surface area contributed by atoms with Gasteiger partial charge in [0.2, 0.25) is 0 Å². The van der Waals surface area contributed by atoms with E-state index in [-0.39, 0.29) is 11.4 Å². The van der Waals surface area contributed by atoms with Crippen molar-refractivity contribution in [3.63, 3.8) is 0 Å². The summed E-state index contributed by atoms with van der Waals surface area (Å²) >= 11 is 0. The number of pyridine rings is 1. The van der Waals surface area contributed by atoms with E-state index in [1.807, 2.05) is 61.5 Å². The fraction of sp³-hybridized carbons (Fsp3) is 0.192. The monoisotopic (exact) mass is 434 g/mol. The molecule has 1 heterocycles. The molecule has 0 saturated heterocycles. The maximum atomic E-state index is 13.0. The van der Waals surface area contributed by atoms with Crippen LogP contribution in [0.2, 0.25) is 0 Å². The molecule has 32 heavy (non-hydrogen) atoms. The molecular weight excluding hydrogens is 407 g/mol. The van der Waals surface area contributed by atoms with E-state index >= 15 is 0 Å². The van der Waals surface area contributed by atoms with Crippen molar-refractivity contribution in [2.75, 3.05) is 13.7 Å². The third kappa shape index (κ3) is 6.77. The number of H-pyrrole nitrogens is 1. The zero-order valence-corrected chi connectivity index (χ0v) is 18.2. The van der Waals surface area contributed by atoms with E-state index in [0.717, 1.165) is 28.8 Å². The van der Waals surface area contributed by atoms with E-state index in [2.05, 4.69) is 15.0 Å². The Morgan fingerprint density at radius 3 is 2.31 bits per heavy atom. The molecule has 0 saturated carbocycles. The third-order valence-corrected chi connectivity index (χ3v) is 4.72. The summed E-state index contributed by atoms with van der Waals surface area (Å²) in [4.78, 5) is 15.3. The Kier molecular flexibility index (Phi) is 8.54. The number of methoxy groups -OCH3 is 1. The van der Waals surface area contributed by atoms with Crippen LogP contribution in [0.3, 0.4) is 0 Å². The van der Waals surface area contributed by atoms with Crippen LogP contribution in [0.15, 0.2) is 83.7 Å². The van der Waals surface area contributed by atoms with Gasteiger partial charge in [-0.3, -0.25) is 4.79 Å². The number of hydrogen-bond donors (Lipinski definition) is 2. The summed E-state index contributed by atoms with van der Waals surface area (Å²) in [6.07, 6.45) is 0. The van der Waals surface area contributed by atoms with Gasteiger partial charge in [0.15, 0.2) is 0 Å². The normalized spacial score (nSPS) is 10.5. The van der Waals surface area contributed by atoms with Gasteiger partial charge in [0, 0.05) is 38.4 Å². The molecule has 0 aliphatic heterocycles. The average Bonchev–Trinajstić information content (AvgIpc) is 2.81. The van der Waals surface area contributed by atoms with Crippen LogP contribution >= 0.6 is 0 Å². The predicted octanol–water partition coefficient (Wildman–Crippen LogP) is 5.40. The van der Waals surface area contributed by atoms with E-state index in [0.29, 0.717) is 24.4 Å². The summed E-state index contributed by atoms with van der Waals surface area (Å²) in [5, 5.41) is 4.15. The lowest BCUT2D eigenvalue weighted by Crippen LogP contribution is -2.20. The predicted molar refractivity (Wildman–Crippen MR) is 126 cm³/mol. The van der Waals surface area contributed by atoms with Crippen LogP contribution < -0.4 is 15.6 Å². The lowest BCUT2D eigenvalue weighted by atomic mass is 10.1. The number of fused-ring (bicyclic) bond motifs is 1. The van der Waals surface area contributed by atoms with E-state index in [9.17, 15) is 9.18 Å². The van der Waals surface area contributed by atoms with Crippen molar-refractivity contribution in [1.82, 2.24) is 10.3 Å². The van der Waals surface area contributed by atoms with Gasteiger partial charge in [-0.15, -0.1) is 0 Å². The summed E-state index contributed by atoms with van der Waals surface area (Å²) < 4.78 is 23.3. The van der Waals surface area contributed by atoms with Gasteiger partial charge in [-0.25, -0.2) is 4.39 Å². The molecule has 0 unspecified atom stereocenters. The van der Waals surface area contributed by atoms with Crippen molar-refractivity contribution >= 4 is 10.9 Å². The molecule has 4 aromatic rings. The lowest BCUT2D eigenvalue weighted by Gasteiger charge is -2.09. The first-order valence-electron chi connectivity index (χ1n) is 10.4. The molecule has 0 aliphatic carbocycles. The van der Waals surface area contributed by atoms with Gasteiger partial charge in [0.1, 0.15) is 17.3 Å². The first-order valence-corrected chi connectivity index (χ1v) is 10.4. The first kappa shape index (κ1) is 23.2. The van der Waals surface area contributed by atoms with Crippen molar-refractivity contribution in [3.05, 3.63) is 106 Å². The molecule has 0 bridgehead atoms. The third-order valence-electron chi connectivity index (χ3n) is 4.72. The van der Waals surface area contributed by atoms with Crippen molar-refractivity contribution < 1.29 is 13.9 Å². The number of hydrogen-bond acceptors (Lipinski definition) is 4. The molecule has 0 radical (unpaired) electrons. The fourth-order valence-corrected chi connectivity index (χ4v) is 2.99. The standard InChI is InChI=1S/C23H19FN2O2.C3H8O/c24-19-9-6-16(7-10-19)14-25-15-18-12-17-8-11-21(13-22(17)26-23(18)27)28-20-4-2-1-3-5-20;1-3-4-2/h1-13,25H,14-15H2,(H,26,27);3H2,1-2H3. The van der Waals surface area contributed by atoms with Crippen molar-refractivity contribution in [2.45, 2.75) is 20.0 Å². The molecule has 3 aromatic carbocycles. The minimum absolute atomic E-state index is 0.143. The molecule has 1 aromatic heterocycles. The zero-order chi connectivity index (χ0) is 22.8. The molecule has 0 amide bonds. The molecule has 0 spiro atoms. The van der Waals surface area contributed by atoms with E-state index in [1.54, 1.807) is 19.2 Å². The van der Waals surface area contributed by atoms with E-state index in [4.69, 9.17) is 4.74 Å². The number of halogens is 1. The Morgan fingerprint density at radius 2 is 1.62 bits per heavy atom. The molecule has 2 N–H and O–H groups in total. The number of nitrogens with one attached hydrogen (secondary N) is 2. The molecule has 5 nitrogen and oxygen atoms in total. The largest absolute Gasteiger partial charge is 0.457 e. The fourth-order valence-electron chi connectivity index (χ4n) is 2.99. The van der Waals surface area contributed by atoms with Crippen molar-refractivity contribution in [3.8, 4) is 11.5 Å². The van der Waals surface area contributed by atoms with Gasteiger partial charge in [0.25, 0.3) is 5.56 Å². The number of benzene rings is 3. The topological polar surface area (TPSA) is 63.4 Å². The van der Waals surface area contributed by atoms with Gasteiger partial charge in [0.05, 0.1) is 5.52 Å². The molecule has 4 rings (SSSR count). The van der Waals surface area contributed by atoms with Crippen LogP contribution in [0.4, 0.5) is 4.39 Å². The highest BCUT2D eigenvalue weighted by molar-refractivity contribution is 5.80. The minimum Gasteiger partial charge on any atom is -0.457 e. The summed E-state index contributed by atoms with van der Waals surface area (Å²) in [7, 11) is 1.68. The second kappa shape index (κ2) is 11.8. The second-order valence-electron chi connectivity index (χ2n) is 7.10. The number of ether oxygens (including phenoxy) is 2. The zero-order valence-electron chi connectivity index (χ0n) is 18.2. The van der Waals surface area contributed by atoms with Crippen molar-refractivity contribution in [1.29, 1.82) is 0 Å². The Morgan fingerprint density at radius 1 is 0.906 bits per heavy atom. The van der Waals surface area contributed by atoms with Gasteiger partial charge < -0.3 is 19.8 Å². The highest BCUT2D eigenvalue weighted by Crippen LogP contribution is 2.24. The van der Waals surface area contributed by atoms with Gasteiger partial charge in [-0.05, 0) is 60.3 Å². The Bertz CT molecular complexity index is 1170. The quantitative estimate of drug-likeness (QED) is 0.409. The van der Waals surface area contributed by atoms with Gasteiger partial charge in [-0.1, -0.05) is 30.3 Å². The van der Waals surface area contributed by atoms with Crippen LogP contribution in [-0.2, 0) is 17.8 Å². The van der Waals surface area contributed by atoms with Crippen LogP contribution in [-0.4, -0.2) is 18.7 Å². The van der Waals surface area contributed by atoms with Crippen LogP contribution in [0.1, 0.15) is 18.1 Å². The Balaban J connectivity index is 0.000000668. The minimum atomic E-state index is -0.259. The van der Waals surface area contributed by atoms with Gasteiger partial charge in [-0.2, -0.15) is 0 Å². The molecule has 0 fully saturated rings. The van der Waals surface area contributed by atoms with Crippen LogP contribution in [0.25, 0.3) is 10.9 Å². The molecule has 0 aliphatic rings. The molecule has 6 heteroatoms. The van der Waals surface area contributed by atoms with E-state index in [1.165, 1.54) is 12.1 Å². The SMILES string of the molecule is CCOC.O=c1[nH]c2cc(Oc3ccccc3)ccc2cc1CNCc1ccc(F)cc1. The maximum Gasteiger partial charge on any atom is 0.252 e.